The summed E-state index contributed by atoms with van der Waals surface area (Å²) in [6.45, 7) is 1.12. The van der Waals surface area contributed by atoms with Gasteiger partial charge in [-0.15, -0.1) is 0 Å². The predicted octanol–water partition coefficient (Wildman–Crippen LogP) is 1.66. The summed E-state index contributed by atoms with van der Waals surface area (Å²) in [6, 6.07) is 6.59. The Hall–Kier alpha value is -1.42. The van der Waals surface area contributed by atoms with Crippen LogP contribution in [-0.4, -0.2) is 30.9 Å². The maximum Gasteiger partial charge on any atom is 0.222 e. The Morgan fingerprint density at radius 2 is 2.22 bits per heavy atom. The summed E-state index contributed by atoms with van der Waals surface area (Å²) in [6.07, 6.45) is 1.95. The molecule has 98 valence electrons. The van der Waals surface area contributed by atoms with E-state index >= 15 is 0 Å². The maximum atomic E-state index is 13.4. The van der Waals surface area contributed by atoms with E-state index in [0.29, 0.717) is 25.9 Å². The zero-order chi connectivity index (χ0) is 13.2. The van der Waals surface area contributed by atoms with Crippen LogP contribution in [0, 0.1) is 5.82 Å². The van der Waals surface area contributed by atoms with E-state index in [0.717, 1.165) is 12.0 Å². The lowest BCUT2D eigenvalue weighted by molar-refractivity contribution is -0.129. The van der Waals surface area contributed by atoms with Crippen LogP contribution in [0.2, 0.25) is 0 Å². The van der Waals surface area contributed by atoms with Gasteiger partial charge in [0.25, 0.3) is 0 Å². The van der Waals surface area contributed by atoms with Gasteiger partial charge >= 0.3 is 0 Å². The first kappa shape index (κ1) is 13.0. The van der Waals surface area contributed by atoms with Crippen LogP contribution in [-0.2, 0) is 10.2 Å². The Morgan fingerprint density at radius 1 is 1.44 bits per heavy atom. The molecule has 4 heteroatoms. The Morgan fingerprint density at radius 3 is 2.89 bits per heavy atom. The van der Waals surface area contributed by atoms with Crippen molar-refractivity contribution in [2.45, 2.75) is 24.7 Å². The minimum atomic E-state index is -0.275. The molecular formula is C14H19FN2O. The van der Waals surface area contributed by atoms with E-state index in [1.54, 1.807) is 24.1 Å². The summed E-state index contributed by atoms with van der Waals surface area (Å²) < 4.78 is 13.4. The Kier molecular flexibility index (Phi) is 3.66. The lowest BCUT2D eigenvalue weighted by atomic mass is 9.74. The Balaban J connectivity index is 2.33. The minimum absolute atomic E-state index is 0.140. The fourth-order valence-electron chi connectivity index (χ4n) is 2.60. The first-order chi connectivity index (χ1) is 8.57. The van der Waals surface area contributed by atoms with Crippen LogP contribution >= 0.6 is 0 Å². The number of carbonyl (C=O) groups excluding carboxylic acids is 1. The molecule has 1 aromatic carbocycles. The predicted molar refractivity (Wildman–Crippen MR) is 68.6 cm³/mol. The smallest absolute Gasteiger partial charge is 0.222 e. The van der Waals surface area contributed by atoms with Gasteiger partial charge in [0, 0.05) is 32.0 Å². The summed E-state index contributed by atoms with van der Waals surface area (Å²) in [4.78, 5) is 13.5. The molecule has 1 atom stereocenters. The van der Waals surface area contributed by atoms with E-state index in [9.17, 15) is 9.18 Å². The highest BCUT2D eigenvalue weighted by molar-refractivity contribution is 5.76. The third-order valence-corrected chi connectivity index (χ3v) is 4.00. The molecule has 1 unspecified atom stereocenters. The van der Waals surface area contributed by atoms with Crippen LogP contribution in [0.25, 0.3) is 0 Å². The number of carbonyl (C=O) groups is 1. The third kappa shape index (κ3) is 2.38. The second-order valence-corrected chi connectivity index (χ2v) is 5.06. The summed E-state index contributed by atoms with van der Waals surface area (Å²) in [5.74, 6) is -0.106. The molecule has 1 saturated heterocycles. The molecule has 0 aliphatic carbocycles. The molecule has 1 aliphatic rings. The van der Waals surface area contributed by atoms with E-state index in [4.69, 9.17) is 5.73 Å². The standard InChI is InChI=1S/C14H19FN2O/c1-17-8-7-14(10-16,6-5-13(17)18)11-3-2-4-12(15)9-11/h2-4,9H,5-8,10,16H2,1H3. The van der Waals surface area contributed by atoms with Crippen molar-refractivity contribution in [3.05, 3.63) is 35.6 Å². The molecule has 0 radical (unpaired) electrons. The van der Waals surface area contributed by atoms with Crippen molar-refractivity contribution in [2.75, 3.05) is 20.1 Å². The number of hydrogen-bond donors (Lipinski definition) is 1. The monoisotopic (exact) mass is 250 g/mol. The first-order valence-electron chi connectivity index (χ1n) is 6.27. The van der Waals surface area contributed by atoms with Crippen LogP contribution in [0.4, 0.5) is 4.39 Å². The van der Waals surface area contributed by atoms with E-state index in [-0.39, 0.29) is 17.1 Å². The number of benzene rings is 1. The average Bonchev–Trinajstić information content (AvgIpc) is 2.52. The van der Waals surface area contributed by atoms with Gasteiger partial charge < -0.3 is 10.6 Å². The van der Waals surface area contributed by atoms with Crippen LogP contribution in [0.1, 0.15) is 24.8 Å². The molecule has 2 N–H and O–H groups in total. The summed E-state index contributed by atoms with van der Waals surface area (Å²) in [5.41, 5.74) is 6.56. The molecule has 0 bridgehead atoms. The van der Waals surface area contributed by atoms with E-state index in [1.807, 2.05) is 6.07 Å². The normalized spacial score (nSPS) is 25.1. The minimum Gasteiger partial charge on any atom is -0.346 e. The van der Waals surface area contributed by atoms with Crippen molar-refractivity contribution in [1.29, 1.82) is 0 Å². The van der Waals surface area contributed by atoms with Gasteiger partial charge in [0.2, 0.25) is 5.91 Å². The number of hydrogen-bond acceptors (Lipinski definition) is 2. The molecule has 3 nitrogen and oxygen atoms in total. The molecule has 0 spiro atoms. The van der Waals surface area contributed by atoms with Crippen molar-refractivity contribution in [1.82, 2.24) is 4.90 Å². The molecule has 18 heavy (non-hydrogen) atoms. The van der Waals surface area contributed by atoms with Gasteiger partial charge in [-0.1, -0.05) is 12.1 Å². The van der Waals surface area contributed by atoms with E-state index in [1.165, 1.54) is 6.07 Å². The number of halogens is 1. The van der Waals surface area contributed by atoms with Gasteiger partial charge in [-0.25, -0.2) is 4.39 Å². The van der Waals surface area contributed by atoms with E-state index in [2.05, 4.69) is 0 Å². The SMILES string of the molecule is CN1CCC(CN)(c2cccc(F)c2)CCC1=O. The van der Waals surface area contributed by atoms with Crippen LogP contribution in [0.15, 0.2) is 24.3 Å². The zero-order valence-electron chi connectivity index (χ0n) is 10.7. The molecular weight excluding hydrogens is 231 g/mol. The lowest BCUT2D eigenvalue weighted by Gasteiger charge is -2.31. The van der Waals surface area contributed by atoms with Gasteiger partial charge in [0.1, 0.15) is 5.82 Å². The highest BCUT2D eigenvalue weighted by Gasteiger charge is 2.34. The fraction of sp³-hybridized carbons (Fsp3) is 0.500. The topological polar surface area (TPSA) is 46.3 Å². The second kappa shape index (κ2) is 5.06. The zero-order valence-corrected chi connectivity index (χ0v) is 10.7. The van der Waals surface area contributed by atoms with Crippen LogP contribution < -0.4 is 5.73 Å². The van der Waals surface area contributed by atoms with Crippen molar-refractivity contribution in [3.63, 3.8) is 0 Å². The summed E-state index contributed by atoms with van der Waals surface area (Å²) >= 11 is 0. The third-order valence-electron chi connectivity index (χ3n) is 4.00. The van der Waals surface area contributed by atoms with Gasteiger partial charge in [-0.3, -0.25) is 4.79 Å². The first-order valence-corrected chi connectivity index (χ1v) is 6.27. The average molecular weight is 250 g/mol. The van der Waals surface area contributed by atoms with Crippen LogP contribution in [0.5, 0.6) is 0 Å². The van der Waals surface area contributed by atoms with Gasteiger partial charge in [0.15, 0.2) is 0 Å². The number of rotatable bonds is 2. The molecule has 1 fully saturated rings. The second-order valence-electron chi connectivity index (χ2n) is 5.06. The Bertz CT molecular complexity index is 449. The summed E-state index contributed by atoms with van der Waals surface area (Å²) in [7, 11) is 1.81. The fourth-order valence-corrected chi connectivity index (χ4v) is 2.60. The van der Waals surface area contributed by atoms with Crippen molar-refractivity contribution < 1.29 is 9.18 Å². The number of nitrogens with zero attached hydrogens (tertiary/aromatic N) is 1. The van der Waals surface area contributed by atoms with Crippen molar-refractivity contribution in [2.24, 2.45) is 5.73 Å². The molecule has 1 aliphatic heterocycles. The van der Waals surface area contributed by atoms with Gasteiger partial charge in [-0.2, -0.15) is 0 Å². The van der Waals surface area contributed by atoms with E-state index < -0.39 is 0 Å². The number of amides is 1. The highest BCUT2D eigenvalue weighted by atomic mass is 19.1. The molecule has 1 heterocycles. The lowest BCUT2D eigenvalue weighted by Crippen LogP contribution is -2.36. The number of nitrogens with two attached hydrogens (primary N) is 1. The quantitative estimate of drug-likeness (QED) is 0.867. The maximum absolute atomic E-state index is 13.4. The summed E-state index contributed by atoms with van der Waals surface area (Å²) in [5, 5.41) is 0. The number of likely N-dealkylation sites (tertiary alicyclic amines) is 1. The van der Waals surface area contributed by atoms with Crippen molar-refractivity contribution in [3.8, 4) is 0 Å². The van der Waals surface area contributed by atoms with Gasteiger partial charge in [-0.05, 0) is 30.5 Å². The highest BCUT2D eigenvalue weighted by Crippen LogP contribution is 2.34. The van der Waals surface area contributed by atoms with Gasteiger partial charge in [0.05, 0.1) is 0 Å². The molecule has 1 amide bonds. The molecule has 1 aromatic rings. The largest absolute Gasteiger partial charge is 0.346 e. The molecule has 2 rings (SSSR count). The van der Waals surface area contributed by atoms with Crippen LogP contribution in [0.3, 0.4) is 0 Å². The Labute approximate surface area is 107 Å². The van der Waals surface area contributed by atoms with Crippen molar-refractivity contribution >= 4 is 5.91 Å². The molecule has 0 saturated carbocycles. The molecule has 0 aromatic heterocycles.